The van der Waals surface area contributed by atoms with Crippen molar-refractivity contribution in [2.24, 2.45) is 11.7 Å². The number of likely N-dealkylation sites (tertiary alicyclic amines) is 1. The molecule has 0 unspecified atom stereocenters. The Morgan fingerprint density at radius 2 is 2.25 bits per heavy atom. The molecular weight excluding hydrogens is 100 g/mol. The Bertz CT molecular complexity index is 103. The maximum Gasteiger partial charge on any atom is 0.0912 e. The minimum Gasteiger partial charge on any atom is -0.386 e. The molecule has 8 heavy (non-hydrogen) atoms. The summed E-state index contributed by atoms with van der Waals surface area (Å²) < 4.78 is 0. The summed E-state index contributed by atoms with van der Waals surface area (Å²) in [7, 11) is 0. The Balaban J connectivity index is 2.25. The predicted molar refractivity (Wildman–Crippen MR) is 34.1 cm³/mol. The van der Waals surface area contributed by atoms with Gasteiger partial charge in [0.15, 0.2) is 0 Å². The fourth-order valence-electron chi connectivity index (χ4n) is 0.933. The summed E-state index contributed by atoms with van der Waals surface area (Å²) in [6.07, 6.45) is 0. The molecule has 0 radical (unpaired) electrons. The first-order valence-electron chi connectivity index (χ1n) is 2.89. The van der Waals surface area contributed by atoms with Crippen molar-refractivity contribution in [3.63, 3.8) is 0 Å². The highest BCUT2D eigenvalue weighted by Gasteiger charge is 2.21. The van der Waals surface area contributed by atoms with Crippen LogP contribution in [0.5, 0.6) is 0 Å². The lowest BCUT2D eigenvalue weighted by molar-refractivity contribution is 0.157. The lowest BCUT2D eigenvalue weighted by Crippen LogP contribution is -2.45. The van der Waals surface area contributed by atoms with Crippen molar-refractivity contribution < 1.29 is 0 Å². The van der Waals surface area contributed by atoms with E-state index in [1.807, 2.05) is 0 Å². The lowest BCUT2D eigenvalue weighted by Gasteiger charge is -2.38. The summed E-state index contributed by atoms with van der Waals surface area (Å²) in [6.45, 7) is 8.01. The molecule has 1 heterocycles. The van der Waals surface area contributed by atoms with E-state index in [-0.39, 0.29) is 0 Å². The monoisotopic (exact) mass is 112 g/mol. The maximum atomic E-state index is 5.39. The molecule has 0 saturated carbocycles. The van der Waals surface area contributed by atoms with E-state index in [1.54, 1.807) is 0 Å². The van der Waals surface area contributed by atoms with Gasteiger partial charge in [-0.25, -0.2) is 0 Å². The minimum absolute atomic E-state index is 0.711. The van der Waals surface area contributed by atoms with Gasteiger partial charge in [-0.05, 0) is 5.92 Å². The molecule has 2 N–H and O–H groups in total. The minimum atomic E-state index is 0.711. The Hall–Kier alpha value is -0.660. The molecule has 0 atom stereocenters. The second kappa shape index (κ2) is 1.69. The predicted octanol–water partition coefficient (Wildman–Crippen LogP) is 0.368. The van der Waals surface area contributed by atoms with Crippen molar-refractivity contribution in [3.05, 3.63) is 12.4 Å². The van der Waals surface area contributed by atoms with Crippen molar-refractivity contribution in [3.8, 4) is 0 Å². The first kappa shape index (κ1) is 5.48. The van der Waals surface area contributed by atoms with Gasteiger partial charge in [-0.1, -0.05) is 13.5 Å². The van der Waals surface area contributed by atoms with Gasteiger partial charge in [0, 0.05) is 13.1 Å². The van der Waals surface area contributed by atoms with Crippen LogP contribution in [0.25, 0.3) is 0 Å². The third-order valence-corrected chi connectivity index (χ3v) is 1.47. The van der Waals surface area contributed by atoms with Gasteiger partial charge in [0.1, 0.15) is 0 Å². The molecule has 0 amide bonds. The van der Waals surface area contributed by atoms with Gasteiger partial charge < -0.3 is 10.6 Å². The molecule has 2 heteroatoms. The van der Waals surface area contributed by atoms with E-state index in [4.69, 9.17) is 5.73 Å². The van der Waals surface area contributed by atoms with E-state index >= 15 is 0 Å². The number of nitrogens with two attached hydrogens (primary N) is 1. The van der Waals surface area contributed by atoms with E-state index < -0.39 is 0 Å². The van der Waals surface area contributed by atoms with Crippen molar-refractivity contribution in [2.45, 2.75) is 6.92 Å². The zero-order chi connectivity index (χ0) is 6.15. The van der Waals surface area contributed by atoms with Crippen LogP contribution in [0.2, 0.25) is 0 Å². The largest absolute Gasteiger partial charge is 0.386 e. The maximum absolute atomic E-state index is 5.39. The molecular formula is C6H12N2. The number of nitrogens with zero attached hydrogens (tertiary/aromatic N) is 1. The van der Waals surface area contributed by atoms with Gasteiger partial charge in [0.05, 0.1) is 5.82 Å². The molecule has 0 aromatic heterocycles. The zero-order valence-corrected chi connectivity index (χ0v) is 5.22. The normalized spacial score (nSPS) is 20.4. The van der Waals surface area contributed by atoms with Crippen LogP contribution in [-0.4, -0.2) is 18.0 Å². The zero-order valence-electron chi connectivity index (χ0n) is 5.22. The number of hydrogen-bond acceptors (Lipinski definition) is 2. The summed E-state index contributed by atoms with van der Waals surface area (Å²) >= 11 is 0. The van der Waals surface area contributed by atoms with E-state index in [1.165, 1.54) is 0 Å². The molecule has 1 aliphatic rings. The average molecular weight is 112 g/mol. The standard InChI is InChI=1S/C6H12N2/c1-5-3-8(4-5)6(2)7/h5H,2-4,7H2,1H3. The highest BCUT2D eigenvalue weighted by atomic mass is 15.2. The van der Waals surface area contributed by atoms with Crippen LogP contribution < -0.4 is 5.73 Å². The van der Waals surface area contributed by atoms with Gasteiger partial charge in [-0.2, -0.15) is 0 Å². The van der Waals surface area contributed by atoms with Crippen molar-refractivity contribution >= 4 is 0 Å². The van der Waals surface area contributed by atoms with Crippen molar-refractivity contribution in [1.82, 2.24) is 4.90 Å². The molecule has 0 aromatic carbocycles. The Labute approximate surface area is 50.0 Å². The third-order valence-electron chi connectivity index (χ3n) is 1.47. The summed E-state index contributed by atoms with van der Waals surface area (Å²) in [5, 5.41) is 0. The fourth-order valence-corrected chi connectivity index (χ4v) is 0.933. The van der Waals surface area contributed by atoms with Crippen LogP contribution in [0.15, 0.2) is 12.4 Å². The van der Waals surface area contributed by atoms with E-state index in [0.717, 1.165) is 19.0 Å². The van der Waals surface area contributed by atoms with Gasteiger partial charge in [0.25, 0.3) is 0 Å². The quantitative estimate of drug-likeness (QED) is 0.531. The molecule has 1 fully saturated rings. The van der Waals surface area contributed by atoms with E-state index in [2.05, 4.69) is 18.4 Å². The van der Waals surface area contributed by atoms with Gasteiger partial charge in [-0.15, -0.1) is 0 Å². The smallest absolute Gasteiger partial charge is 0.0912 e. The van der Waals surface area contributed by atoms with Crippen LogP contribution in [-0.2, 0) is 0 Å². The SMILES string of the molecule is C=C(N)N1CC(C)C1. The van der Waals surface area contributed by atoms with E-state index in [9.17, 15) is 0 Å². The van der Waals surface area contributed by atoms with Gasteiger partial charge in [0.2, 0.25) is 0 Å². The molecule has 1 saturated heterocycles. The van der Waals surface area contributed by atoms with Crippen LogP contribution in [0.3, 0.4) is 0 Å². The van der Waals surface area contributed by atoms with Crippen LogP contribution in [0.1, 0.15) is 6.92 Å². The lowest BCUT2D eigenvalue weighted by atomic mass is 10.0. The topological polar surface area (TPSA) is 29.3 Å². The summed E-state index contributed by atoms with van der Waals surface area (Å²) in [4.78, 5) is 2.07. The van der Waals surface area contributed by atoms with E-state index in [0.29, 0.717) is 5.82 Å². The summed E-state index contributed by atoms with van der Waals surface area (Å²) in [5.41, 5.74) is 5.39. The first-order valence-corrected chi connectivity index (χ1v) is 2.89. The molecule has 46 valence electrons. The Kier molecular flexibility index (Phi) is 1.16. The van der Waals surface area contributed by atoms with Crippen LogP contribution >= 0.6 is 0 Å². The summed E-state index contributed by atoms with van der Waals surface area (Å²) in [6, 6.07) is 0. The number of rotatable bonds is 1. The average Bonchev–Trinajstić information content (AvgIpc) is 1.57. The molecule has 0 spiro atoms. The molecule has 0 aliphatic carbocycles. The highest BCUT2D eigenvalue weighted by molar-refractivity contribution is 4.93. The molecule has 1 aliphatic heterocycles. The molecule has 0 aromatic rings. The number of hydrogen-bond donors (Lipinski definition) is 1. The van der Waals surface area contributed by atoms with Crippen molar-refractivity contribution in [2.75, 3.05) is 13.1 Å². The van der Waals surface area contributed by atoms with Gasteiger partial charge >= 0.3 is 0 Å². The van der Waals surface area contributed by atoms with Crippen LogP contribution in [0, 0.1) is 5.92 Å². The van der Waals surface area contributed by atoms with Gasteiger partial charge in [-0.3, -0.25) is 0 Å². The van der Waals surface area contributed by atoms with Crippen molar-refractivity contribution in [1.29, 1.82) is 0 Å². The molecule has 0 bridgehead atoms. The molecule has 2 nitrogen and oxygen atoms in total. The summed E-state index contributed by atoms with van der Waals surface area (Å²) in [5.74, 6) is 1.53. The Morgan fingerprint density at radius 3 is 2.38 bits per heavy atom. The third kappa shape index (κ3) is 0.782. The van der Waals surface area contributed by atoms with Crippen LogP contribution in [0.4, 0.5) is 0 Å². The molecule has 1 rings (SSSR count). The second-order valence-corrected chi connectivity index (χ2v) is 2.50. The first-order chi connectivity index (χ1) is 3.70. The Morgan fingerprint density at radius 1 is 1.75 bits per heavy atom. The highest BCUT2D eigenvalue weighted by Crippen LogP contribution is 2.15. The fraction of sp³-hybridized carbons (Fsp3) is 0.667. The second-order valence-electron chi connectivity index (χ2n) is 2.50.